The van der Waals surface area contributed by atoms with Crippen LogP contribution in [0, 0.1) is 17.6 Å². The predicted octanol–water partition coefficient (Wildman–Crippen LogP) is 3.92. The molecule has 102 valence electrons. The number of hydrogen-bond acceptors (Lipinski definition) is 1. The van der Waals surface area contributed by atoms with Gasteiger partial charge in [0.25, 0.3) is 0 Å². The van der Waals surface area contributed by atoms with Crippen molar-refractivity contribution in [2.45, 2.75) is 46.1 Å². The van der Waals surface area contributed by atoms with Crippen LogP contribution in [0.3, 0.4) is 0 Å². The Labute approximate surface area is 109 Å². The van der Waals surface area contributed by atoms with Crippen LogP contribution in [0.15, 0.2) is 18.2 Å². The second-order valence-corrected chi connectivity index (χ2v) is 5.28. The van der Waals surface area contributed by atoms with E-state index in [0.29, 0.717) is 23.9 Å². The van der Waals surface area contributed by atoms with E-state index in [1.54, 1.807) is 0 Å². The molecule has 1 aromatic carbocycles. The zero-order valence-corrected chi connectivity index (χ0v) is 11.5. The molecular weight excluding hydrogens is 232 g/mol. The molecule has 0 saturated heterocycles. The smallest absolute Gasteiger partial charge is 0.126 e. The quantitative estimate of drug-likeness (QED) is 0.778. The monoisotopic (exact) mass is 255 g/mol. The number of rotatable bonds is 7. The Hall–Kier alpha value is -0.960. The minimum absolute atomic E-state index is 0.302. The zero-order valence-electron chi connectivity index (χ0n) is 11.5. The molecule has 18 heavy (non-hydrogen) atoms. The SMILES string of the molecule is CC(CCNC(C)C)CCc1cc(F)ccc1F. The van der Waals surface area contributed by atoms with Crippen LogP contribution in [0.4, 0.5) is 8.78 Å². The molecule has 0 radical (unpaired) electrons. The Bertz CT molecular complexity index is 364. The van der Waals surface area contributed by atoms with Crippen LogP contribution < -0.4 is 5.32 Å². The number of halogens is 2. The van der Waals surface area contributed by atoms with Crippen molar-refractivity contribution in [3.05, 3.63) is 35.4 Å². The van der Waals surface area contributed by atoms with Gasteiger partial charge in [0.05, 0.1) is 0 Å². The van der Waals surface area contributed by atoms with Gasteiger partial charge in [-0.05, 0) is 55.5 Å². The van der Waals surface area contributed by atoms with Crippen molar-refractivity contribution in [3.63, 3.8) is 0 Å². The third-order valence-corrected chi connectivity index (χ3v) is 3.10. The van der Waals surface area contributed by atoms with Crippen molar-refractivity contribution < 1.29 is 8.78 Å². The van der Waals surface area contributed by atoms with E-state index in [-0.39, 0.29) is 11.6 Å². The van der Waals surface area contributed by atoms with E-state index in [9.17, 15) is 8.78 Å². The van der Waals surface area contributed by atoms with Gasteiger partial charge in [0.2, 0.25) is 0 Å². The average molecular weight is 255 g/mol. The van der Waals surface area contributed by atoms with Gasteiger partial charge in [-0.3, -0.25) is 0 Å². The summed E-state index contributed by atoms with van der Waals surface area (Å²) in [6.45, 7) is 7.36. The Morgan fingerprint density at radius 2 is 1.83 bits per heavy atom. The van der Waals surface area contributed by atoms with E-state index >= 15 is 0 Å². The fourth-order valence-electron chi connectivity index (χ4n) is 1.90. The van der Waals surface area contributed by atoms with Gasteiger partial charge in [-0.25, -0.2) is 8.78 Å². The average Bonchev–Trinajstić information content (AvgIpc) is 2.30. The lowest BCUT2D eigenvalue weighted by Gasteiger charge is -2.13. The minimum atomic E-state index is -0.361. The van der Waals surface area contributed by atoms with Crippen molar-refractivity contribution >= 4 is 0 Å². The van der Waals surface area contributed by atoms with E-state index in [1.165, 1.54) is 12.1 Å². The summed E-state index contributed by atoms with van der Waals surface area (Å²) in [7, 11) is 0. The van der Waals surface area contributed by atoms with Gasteiger partial charge in [-0.15, -0.1) is 0 Å². The molecule has 1 aromatic rings. The van der Waals surface area contributed by atoms with Gasteiger partial charge in [-0.2, -0.15) is 0 Å². The first kappa shape index (κ1) is 15.1. The minimum Gasteiger partial charge on any atom is -0.315 e. The predicted molar refractivity (Wildman–Crippen MR) is 71.6 cm³/mol. The van der Waals surface area contributed by atoms with E-state index in [4.69, 9.17) is 0 Å². The molecule has 0 amide bonds. The fraction of sp³-hybridized carbons (Fsp3) is 0.600. The zero-order chi connectivity index (χ0) is 13.5. The summed E-state index contributed by atoms with van der Waals surface area (Å²) in [6, 6.07) is 4.16. The molecule has 0 aromatic heterocycles. The van der Waals surface area contributed by atoms with E-state index in [1.807, 2.05) is 0 Å². The van der Waals surface area contributed by atoms with Crippen LogP contribution in [0.5, 0.6) is 0 Å². The van der Waals surface area contributed by atoms with Gasteiger partial charge in [0, 0.05) is 6.04 Å². The molecule has 0 saturated carbocycles. The van der Waals surface area contributed by atoms with Crippen LogP contribution in [-0.4, -0.2) is 12.6 Å². The summed E-state index contributed by atoms with van der Waals surface area (Å²) in [6.07, 6.45) is 2.56. The van der Waals surface area contributed by atoms with E-state index < -0.39 is 0 Å². The summed E-state index contributed by atoms with van der Waals surface area (Å²) in [5, 5.41) is 3.36. The maximum Gasteiger partial charge on any atom is 0.126 e. The maximum absolute atomic E-state index is 13.4. The summed E-state index contributed by atoms with van der Waals surface area (Å²) < 4.78 is 26.4. The summed E-state index contributed by atoms with van der Waals surface area (Å²) >= 11 is 0. The molecule has 0 aliphatic rings. The second kappa shape index (κ2) is 7.47. The highest BCUT2D eigenvalue weighted by atomic mass is 19.1. The Morgan fingerprint density at radius 3 is 2.50 bits per heavy atom. The Balaban J connectivity index is 2.33. The molecular formula is C15H23F2N. The van der Waals surface area contributed by atoms with E-state index in [2.05, 4.69) is 26.1 Å². The van der Waals surface area contributed by atoms with Crippen LogP contribution in [0.1, 0.15) is 39.2 Å². The Morgan fingerprint density at radius 1 is 1.11 bits per heavy atom. The molecule has 0 bridgehead atoms. The molecule has 1 unspecified atom stereocenters. The van der Waals surface area contributed by atoms with Gasteiger partial charge in [0.15, 0.2) is 0 Å². The van der Waals surface area contributed by atoms with Gasteiger partial charge in [0.1, 0.15) is 11.6 Å². The standard InChI is InChI=1S/C15H23F2N/c1-11(2)18-9-8-12(3)4-5-13-10-14(16)6-7-15(13)17/h6-7,10-12,18H,4-5,8-9H2,1-3H3. The molecule has 0 fully saturated rings. The third-order valence-electron chi connectivity index (χ3n) is 3.10. The lowest BCUT2D eigenvalue weighted by Crippen LogP contribution is -2.25. The van der Waals surface area contributed by atoms with Crippen molar-refractivity contribution in [3.8, 4) is 0 Å². The first-order chi connectivity index (χ1) is 8.49. The first-order valence-electron chi connectivity index (χ1n) is 6.66. The summed E-state index contributed by atoms with van der Waals surface area (Å²) in [5.74, 6) is -0.150. The molecule has 1 rings (SSSR count). The van der Waals surface area contributed by atoms with Gasteiger partial charge >= 0.3 is 0 Å². The number of hydrogen-bond donors (Lipinski definition) is 1. The summed E-state index contributed by atoms with van der Waals surface area (Å²) in [5.41, 5.74) is 0.485. The topological polar surface area (TPSA) is 12.0 Å². The highest BCUT2D eigenvalue weighted by Gasteiger charge is 2.07. The second-order valence-electron chi connectivity index (χ2n) is 5.28. The van der Waals surface area contributed by atoms with Gasteiger partial charge in [-0.1, -0.05) is 20.8 Å². The largest absolute Gasteiger partial charge is 0.315 e. The van der Waals surface area contributed by atoms with Gasteiger partial charge < -0.3 is 5.32 Å². The summed E-state index contributed by atoms with van der Waals surface area (Å²) in [4.78, 5) is 0. The van der Waals surface area contributed by atoms with Crippen LogP contribution >= 0.6 is 0 Å². The number of nitrogens with one attached hydrogen (secondary N) is 1. The van der Waals surface area contributed by atoms with Crippen LogP contribution in [0.25, 0.3) is 0 Å². The third kappa shape index (κ3) is 5.58. The highest BCUT2D eigenvalue weighted by Crippen LogP contribution is 2.16. The molecule has 1 N–H and O–H groups in total. The number of aryl methyl sites for hydroxylation is 1. The fourth-order valence-corrected chi connectivity index (χ4v) is 1.90. The number of benzene rings is 1. The van der Waals surface area contributed by atoms with Crippen LogP contribution in [0.2, 0.25) is 0 Å². The lowest BCUT2D eigenvalue weighted by atomic mass is 9.98. The highest BCUT2D eigenvalue weighted by molar-refractivity contribution is 5.18. The van der Waals surface area contributed by atoms with Crippen molar-refractivity contribution in [2.75, 3.05) is 6.54 Å². The molecule has 1 nitrogen and oxygen atoms in total. The molecule has 0 spiro atoms. The Kier molecular flexibility index (Phi) is 6.27. The molecule has 3 heteroatoms. The van der Waals surface area contributed by atoms with E-state index in [0.717, 1.165) is 25.5 Å². The lowest BCUT2D eigenvalue weighted by molar-refractivity contribution is 0.449. The van der Waals surface area contributed by atoms with Crippen molar-refractivity contribution in [2.24, 2.45) is 5.92 Å². The molecule has 0 heterocycles. The molecule has 0 aliphatic carbocycles. The molecule has 1 atom stereocenters. The molecule has 0 aliphatic heterocycles. The first-order valence-corrected chi connectivity index (χ1v) is 6.66. The van der Waals surface area contributed by atoms with Crippen molar-refractivity contribution in [1.29, 1.82) is 0 Å². The maximum atomic E-state index is 13.4. The van der Waals surface area contributed by atoms with Crippen LogP contribution in [-0.2, 0) is 6.42 Å². The normalized spacial score (nSPS) is 13.0. The van der Waals surface area contributed by atoms with Crippen molar-refractivity contribution in [1.82, 2.24) is 5.32 Å².